The second-order valence-corrected chi connectivity index (χ2v) is 8.20. The number of hydrogen-bond acceptors (Lipinski definition) is 4. The van der Waals surface area contributed by atoms with E-state index in [9.17, 15) is 19.1 Å². The fraction of sp³-hybridized carbons (Fsp3) is 0.240. The highest BCUT2D eigenvalue weighted by atomic mass is 19.1. The first-order chi connectivity index (χ1) is 15.6. The lowest BCUT2D eigenvalue weighted by Gasteiger charge is -2.58. The number of nitrogens with zero attached hydrogens (tertiary/aromatic N) is 3. The Morgan fingerprint density at radius 1 is 1.06 bits per heavy atom. The van der Waals surface area contributed by atoms with Crippen molar-refractivity contribution < 1.29 is 19.1 Å². The molecular weight excluding hydrogens is 409 g/mol. The van der Waals surface area contributed by atoms with E-state index < -0.39 is 0 Å². The molecule has 3 atom stereocenters. The van der Waals surface area contributed by atoms with Crippen molar-refractivity contribution in [2.45, 2.75) is 18.0 Å². The third-order valence-corrected chi connectivity index (χ3v) is 6.42. The largest absolute Gasteiger partial charge is 0.394 e. The lowest BCUT2D eigenvalue weighted by molar-refractivity contribution is -0.159. The van der Waals surface area contributed by atoms with Crippen LogP contribution in [0.4, 0.5) is 4.39 Å². The Morgan fingerprint density at radius 2 is 1.75 bits per heavy atom. The average Bonchev–Trinajstić information content (AvgIpc) is 2.81. The van der Waals surface area contributed by atoms with Crippen LogP contribution in [-0.4, -0.2) is 63.5 Å². The highest BCUT2D eigenvalue weighted by Crippen LogP contribution is 2.43. The summed E-state index contributed by atoms with van der Waals surface area (Å²) in [6.45, 7) is 0.264. The number of carbonyl (C=O) groups excluding carboxylic acids is 2. The number of hydrogen-bond donors (Lipinski definition) is 1. The maximum absolute atomic E-state index is 13.2. The van der Waals surface area contributed by atoms with Gasteiger partial charge < -0.3 is 14.9 Å². The molecule has 2 aromatic carbocycles. The zero-order valence-corrected chi connectivity index (χ0v) is 17.3. The van der Waals surface area contributed by atoms with Crippen LogP contribution in [0.3, 0.4) is 0 Å². The van der Waals surface area contributed by atoms with Crippen molar-refractivity contribution in [2.24, 2.45) is 0 Å². The van der Waals surface area contributed by atoms with Crippen molar-refractivity contribution in [1.82, 2.24) is 14.8 Å². The van der Waals surface area contributed by atoms with Crippen LogP contribution in [0.15, 0.2) is 73.1 Å². The minimum absolute atomic E-state index is 0.00302. The van der Waals surface area contributed by atoms with Crippen LogP contribution in [0.1, 0.15) is 21.8 Å². The maximum atomic E-state index is 13.2. The normalized spacial score (nSPS) is 22.3. The molecule has 2 aliphatic heterocycles. The molecule has 1 aromatic heterocycles. The van der Waals surface area contributed by atoms with Crippen LogP contribution in [0.5, 0.6) is 0 Å². The lowest BCUT2D eigenvalue weighted by Crippen LogP contribution is -2.73. The fourth-order valence-corrected chi connectivity index (χ4v) is 4.87. The van der Waals surface area contributed by atoms with Gasteiger partial charge in [-0.05, 0) is 41.0 Å². The molecule has 0 radical (unpaired) electrons. The molecule has 6 nitrogen and oxygen atoms in total. The summed E-state index contributed by atoms with van der Waals surface area (Å²) < 4.78 is 13.2. The molecule has 7 heteroatoms. The number of benzene rings is 2. The van der Waals surface area contributed by atoms with E-state index in [1.165, 1.54) is 18.3 Å². The monoisotopic (exact) mass is 431 g/mol. The van der Waals surface area contributed by atoms with Crippen LogP contribution < -0.4 is 0 Å². The maximum Gasteiger partial charge on any atom is 0.255 e. The molecule has 2 fully saturated rings. The number of rotatable bonds is 4. The summed E-state index contributed by atoms with van der Waals surface area (Å²) in [6.07, 6.45) is 3.10. The zero-order valence-electron chi connectivity index (χ0n) is 17.3. The predicted molar refractivity (Wildman–Crippen MR) is 116 cm³/mol. The third kappa shape index (κ3) is 3.44. The van der Waals surface area contributed by atoms with Gasteiger partial charge in [0.15, 0.2) is 0 Å². The molecule has 1 N–H and O–H groups in total. The van der Waals surface area contributed by atoms with Crippen molar-refractivity contribution in [2.75, 3.05) is 19.7 Å². The summed E-state index contributed by atoms with van der Waals surface area (Å²) in [7, 11) is 0. The Hall–Kier alpha value is -3.58. The van der Waals surface area contributed by atoms with Crippen LogP contribution in [0.2, 0.25) is 0 Å². The number of piperazine rings is 1. The summed E-state index contributed by atoms with van der Waals surface area (Å²) in [5.41, 5.74) is 3.32. The van der Waals surface area contributed by atoms with Crippen LogP contribution >= 0.6 is 0 Å². The van der Waals surface area contributed by atoms with E-state index >= 15 is 0 Å². The first-order valence-electron chi connectivity index (χ1n) is 10.5. The molecule has 0 saturated carbocycles. The second-order valence-electron chi connectivity index (χ2n) is 8.20. The molecule has 162 valence electrons. The summed E-state index contributed by atoms with van der Waals surface area (Å²) in [6, 6.07) is 17.1. The first-order valence-corrected chi connectivity index (χ1v) is 10.5. The van der Waals surface area contributed by atoms with Gasteiger partial charge in [0, 0.05) is 24.9 Å². The van der Waals surface area contributed by atoms with E-state index in [0.717, 1.165) is 16.7 Å². The first kappa shape index (κ1) is 20.3. The fourth-order valence-electron chi connectivity index (χ4n) is 4.87. The molecule has 0 bridgehead atoms. The SMILES string of the molecule is O=C(c1cccnc1)N1CC(=O)N2[C@@H](CO)[C@@H](c3ccc(-c4ccc(F)cc4)cc3)[C@@H]2C1. The molecule has 2 saturated heterocycles. The lowest BCUT2D eigenvalue weighted by atomic mass is 9.73. The molecule has 32 heavy (non-hydrogen) atoms. The number of aliphatic hydroxyl groups is 1. The average molecular weight is 431 g/mol. The number of aromatic nitrogens is 1. The van der Waals surface area contributed by atoms with E-state index in [1.54, 1.807) is 40.3 Å². The third-order valence-electron chi connectivity index (χ3n) is 6.42. The highest BCUT2D eigenvalue weighted by Gasteiger charge is 2.54. The van der Waals surface area contributed by atoms with E-state index in [2.05, 4.69) is 4.98 Å². The van der Waals surface area contributed by atoms with Crippen molar-refractivity contribution >= 4 is 11.8 Å². The number of halogens is 1. The van der Waals surface area contributed by atoms with Crippen molar-refractivity contribution in [1.29, 1.82) is 0 Å². The quantitative estimate of drug-likeness (QED) is 0.690. The van der Waals surface area contributed by atoms with E-state index in [4.69, 9.17) is 0 Å². The van der Waals surface area contributed by atoms with E-state index in [0.29, 0.717) is 12.1 Å². The molecule has 3 aromatic rings. The molecule has 2 amide bonds. The van der Waals surface area contributed by atoms with Gasteiger partial charge in [-0.2, -0.15) is 0 Å². The summed E-state index contributed by atoms with van der Waals surface area (Å²) >= 11 is 0. The minimum atomic E-state index is -0.306. The van der Waals surface area contributed by atoms with Crippen molar-refractivity contribution in [3.63, 3.8) is 0 Å². The smallest absolute Gasteiger partial charge is 0.255 e. The number of aliphatic hydroxyl groups excluding tert-OH is 1. The van der Waals surface area contributed by atoms with Gasteiger partial charge in [-0.25, -0.2) is 4.39 Å². The van der Waals surface area contributed by atoms with Gasteiger partial charge in [-0.1, -0.05) is 36.4 Å². The predicted octanol–water partition coefficient (Wildman–Crippen LogP) is 2.70. The van der Waals surface area contributed by atoms with Gasteiger partial charge in [-0.3, -0.25) is 14.6 Å². The number of pyridine rings is 1. The zero-order chi connectivity index (χ0) is 22.2. The highest BCUT2D eigenvalue weighted by molar-refractivity contribution is 5.97. The Balaban J connectivity index is 1.38. The Labute approximate surface area is 184 Å². The van der Waals surface area contributed by atoms with Crippen LogP contribution in [-0.2, 0) is 4.79 Å². The van der Waals surface area contributed by atoms with Gasteiger partial charge in [0.25, 0.3) is 5.91 Å². The Kier molecular flexibility index (Phi) is 5.19. The second kappa shape index (κ2) is 8.16. The van der Waals surface area contributed by atoms with Gasteiger partial charge in [-0.15, -0.1) is 0 Å². The van der Waals surface area contributed by atoms with Gasteiger partial charge in [0.1, 0.15) is 12.4 Å². The van der Waals surface area contributed by atoms with E-state index in [-0.39, 0.29) is 48.8 Å². The number of amides is 2. The van der Waals surface area contributed by atoms with Crippen molar-refractivity contribution in [3.05, 3.63) is 90.0 Å². The molecule has 5 rings (SSSR count). The molecule has 0 spiro atoms. The molecule has 0 aliphatic carbocycles. The Bertz CT molecular complexity index is 1140. The summed E-state index contributed by atoms with van der Waals surface area (Å²) in [4.78, 5) is 32.9. The summed E-state index contributed by atoms with van der Waals surface area (Å²) in [5.74, 6) is -0.727. The van der Waals surface area contributed by atoms with Gasteiger partial charge >= 0.3 is 0 Å². The molecule has 3 heterocycles. The van der Waals surface area contributed by atoms with Crippen molar-refractivity contribution in [3.8, 4) is 11.1 Å². The number of fused-ring (bicyclic) bond motifs is 1. The van der Waals surface area contributed by atoms with Crippen LogP contribution in [0.25, 0.3) is 11.1 Å². The topological polar surface area (TPSA) is 73.7 Å². The number of carbonyl (C=O) groups is 2. The minimum Gasteiger partial charge on any atom is -0.394 e. The van der Waals surface area contributed by atoms with Crippen LogP contribution in [0, 0.1) is 5.82 Å². The molecular formula is C25H22FN3O3. The van der Waals surface area contributed by atoms with Gasteiger partial charge in [0.05, 0.1) is 24.3 Å². The van der Waals surface area contributed by atoms with Gasteiger partial charge in [0.2, 0.25) is 5.91 Å². The van der Waals surface area contributed by atoms with E-state index in [1.807, 2.05) is 24.3 Å². The standard InChI is InChI=1S/C25H22FN3O3/c26-20-9-7-17(8-10-20)16-3-5-18(6-4-16)24-21-13-28(14-23(31)29(21)22(24)15-30)25(32)19-2-1-11-27-12-19/h1-12,21-22,24,30H,13-15H2/t21-,22-,24-/m0/s1. The molecule has 2 aliphatic rings. The molecule has 0 unspecified atom stereocenters. The Morgan fingerprint density at radius 3 is 2.38 bits per heavy atom. The summed E-state index contributed by atoms with van der Waals surface area (Å²) in [5, 5.41) is 9.97.